The number of nitrogens with zero attached hydrogens (tertiary/aromatic N) is 2. The van der Waals surface area contributed by atoms with Gasteiger partial charge in [-0.3, -0.25) is 9.59 Å². The first kappa shape index (κ1) is 21.7. The Bertz CT molecular complexity index is 1320. The van der Waals surface area contributed by atoms with E-state index in [1.807, 2.05) is 30.5 Å². The number of hydrogen-bond donors (Lipinski definition) is 2. The molecule has 6 nitrogen and oxygen atoms in total. The molecule has 8 heteroatoms. The lowest BCUT2D eigenvalue weighted by atomic mass is 9.95. The van der Waals surface area contributed by atoms with Crippen molar-refractivity contribution in [1.82, 2.24) is 14.9 Å². The number of halogens is 1. The van der Waals surface area contributed by atoms with Crippen molar-refractivity contribution in [1.29, 1.82) is 0 Å². The molecule has 1 fully saturated rings. The third kappa shape index (κ3) is 4.38. The molecule has 5 rings (SSSR count). The molecule has 1 aliphatic heterocycles. The predicted octanol–water partition coefficient (Wildman–Crippen LogP) is 5.74. The number of piperidine rings is 1. The van der Waals surface area contributed by atoms with E-state index in [2.05, 4.69) is 21.4 Å². The van der Waals surface area contributed by atoms with Gasteiger partial charge >= 0.3 is 0 Å². The summed E-state index contributed by atoms with van der Waals surface area (Å²) in [7, 11) is 0. The smallest absolute Gasteiger partial charge is 0.253 e. The molecule has 2 N–H and O–H groups in total. The first-order valence-electron chi connectivity index (χ1n) is 10.9. The summed E-state index contributed by atoms with van der Waals surface area (Å²) in [6.45, 7) is 3.14. The van der Waals surface area contributed by atoms with Crippen molar-refractivity contribution in [2.45, 2.75) is 19.8 Å². The van der Waals surface area contributed by atoms with Gasteiger partial charge in [0, 0.05) is 57.1 Å². The van der Waals surface area contributed by atoms with Crippen molar-refractivity contribution >= 4 is 50.8 Å². The van der Waals surface area contributed by atoms with E-state index in [0.717, 1.165) is 27.9 Å². The molecular weight excluding hydrogens is 456 g/mol. The number of para-hydroxylation sites is 1. The number of rotatable bonds is 4. The topological polar surface area (TPSA) is 78.1 Å². The number of hydrogen-bond acceptors (Lipinski definition) is 4. The van der Waals surface area contributed by atoms with Crippen molar-refractivity contribution in [2.75, 3.05) is 18.4 Å². The van der Waals surface area contributed by atoms with Crippen LogP contribution in [-0.2, 0) is 4.79 Å². The number of aryl methyl sites for hydroxylation is 1. The lowest BCUT2D eigenvalue weighted by Gasteiger charge is -2.31. The second-order valence-corrected chi connectivity index (χ2v) is 9.57. The van der Waals surface area contributed by atoms with Gasteiger partial charge in [-0.2, -0.15) is 0 Å². The number of nitrogens with one attached hydrogen (secondary N) is 2. The fourth-order valence-electron chi connectivity index (χ4n) is 4.38. The lowest BCUT2D eigenvalue weighted by molar-refractivity contribution is -0.121. The first-order chi connectivity index (χ1) is 16.0. The number of aromatic nitrogens is 2. The van der Waals surface area contributed by atoms with Crippen LogP contribution in [0.4, 0.5) is 5.13 Å². The van der Waals surface area contributed by atoms with Crippen LogP contribution in [0, 0.1) is 12.8 Å². The van der Waals surface area contributed by atoms with Gasteiger partial charge in [0.1, 0.15) is 0 Å². The Hall–Kier alpha value is -3.16. The summed E-state index contributed by atoms with van der Waals surface area (Å²) in [5.41, 5.74) is 4.66. The summed E-state index contributed by atoms with van der Waals surface area (Å²) in [4.78, 5) is 35.4. The molecule has 2 amide bonds. The van der Waals surface area contributed by atoms with Gasteiger partial charge < -0.3 is 15.2 Å². The summed E-state index contributed by atoms with van der Waals surface area (Å²) >= 11 is 7.34. The number of carbonyl (C=O) groups is 2. The number of aromatic amines is 1. The van der Waals surface area contributed by atoms with Crippen molar-refractivity contribution in [3.63, 3.8) is 0 Å². The van der Waals surface area contributed by atoms with Gasteiger partial charge in [0.15, 0.2) is 5.13 Å². The van der Waals surface area contributed by atoms with E-state index in [1.54, 1.807) is 29.2 Å². The Balaban J connectivity index is 1.22. The first-order valence-corrected chi connectivity index (χ1v) is 12.1. The van der Waals surface area contributed by atoms with Crippen LogP contribution in [0.25, 0.3) is 22.2 Å². The largest absolute Gasteiger partial charge is 0.358 e. The highest BCUT2D eigenvalue weighted by Gasteiger charge is 2.28. The van der Waals surface area contributed by atoms with Crippen LogP contribution in [-0.4, -0.2) is 39.8 Å². The maximum absolute atomic E-state index is 12.9. The van der Waals surface area contributed by atoms with E-state index >= 15 is 0 Å². The van der Waals surface area contributed by atoms with E-state index in [9.17, 15) is 9.59 Å². The van der Waals surface area contributed by atoms with Crippen LogP contribution < -0.4 is 5.32 Å². The van der Waals surface area contributed by atoms with E-state index < -0.39 is 0 Å². The Labute approximate surface area is 200 Å². The lowest BCUT2D eigenvalue weighted by Crippen LogP contribution is -2.41. The van der Waals surface area contributed by atoms with Crippen molar-refractivity contribution < 1.29 is 9.59 Å². The van der Waals surface area contributed by atoms with Gasteiger partial charge in [-0.25, -0.2) is 4.98 Å². The van der Waals surface area contributed by atoms with Crippen molar-refractivity contribution in [3.05, 3.63) is 70.2 Å². The van der Waals surface area contributed by atoms with Crippen LogP contribution in [0.2, 0.25) is 5.02 Å². The molecule has 0 aliphatic carbocycles. The van der Waals surface area contributed by atoms with Crippen LogP contribution in [0.1, 0.15) is 28.9 Å². The Morgan fingerprint density at radius 2 is 1.85 bits per heavy atom. The number of thiazole rings is 1. The highest BCUT2D eigenvalue weighted by Crippen LogP contribution is 2.34. The number of anilines is 1. The zero-order valence-corrected chi connectivity index (χ0v) is 19.7. The molecule has 0 spiro atoms. The summed E-state index contributed by atoms with van der Waals surface area (Å²) in [6, 6.07) is 15.0. The maximum Gasteiger partial charge on any atom is 0.253 e. The molecule has 0 radical (unpaired) electrons. The molecule has 4 aromatic rings. The van der Waals surface area contributed by atoms with E-state index in [-0.39, 0.29) is 17.7 Å². The molecule has 1 aliphatic rings. The minimum Gasteiger partial charge on any atom is -0.358 e. The van der Waals surface area contributed by atoms with Crippen LogP contribution in [0.3, 0.4) is 0 Å². The Morgan fingerprint density at radius 1 is 1.12 bits per heavy atom. The number of benzene rings is 2. The van der Waals surface area contributed by atoms with Crippen LogP contribution >= 0.6 is 22.9 Å². The predicted molar refractivity (Wildman–Crippen MR) is 133 cm³/mol. The number of fused-ring (bicyclic) bond motifs is 1. The fraction of sp³-hybridized carbons (Fsp3) is 0.240. The molecule has 2 aromatic carbocycles. The number of likely N-dealkylation sites (tertiary alicyclic amines) is 1. The van der Waals surface area contributed by atoms with Crippen LogP contribution in [0.15, 0.2) is 53.9 Å². The zero-order chi connectivity index (χ0) is 22.9. The molecule has 168 valence electrons. The molecule has 3 heterocycles. The van der Waals surface area contributed by atoms with Crippen molar-refractivity contribution in [3.8, 4) is 11.3 Å². The average Bonchev–Trinajstić information content (AvgIpc) is 3.42. The highest BCUT2D eigenvalue weighted by molar-refractivity contribution is 7.14. The number of amides is 2. The number of carbonyl (C=O) groups excluding carboxylic acids is 2. The molecule has 2 aromatic heterocycles. The minimum atomic E-state index is -0.138. The Kier molecular flexibility index (Phi) is 5.91. The second-order valence-electron chi connectivity index (χ2n) is 8.27. The summed E-state index contributed by atoms with van der Waals surface area (Å²) in [6.07, 6.45) is 1.26. The monoisotopic (exact) mass is 478 g/mol. The molecule has 0 atom stereocenters. The molecule has 0 unspecified atom stereocenters. The third-order valence-electron chi connectivity index (χ3n) is 6.13. The van der Waals surface area contributed by atoms with Gasteiger partial charge in [-0.05, 0) is 50.1 Å². The summed E-state index contributed by atoms with van der Waals surface area (Å²) < 4.78 is 0. The maximum atomic E-state index is 12.9. The van der Waals surface area contributed by atoms with Gasteiger partial charge in [0.25, 0.3) is 5.91 Å². The zero-order valence-electron chi connectivity index (χ0n) is 18.1. The second kappa shape index (κ2) is 9.00. The van der Waals surface area contributed by atoms with Crippen LogP contribution in [0.5, 0.6) is 0 Å². The normalized spacial score (nSPS) is 14.5. The highest BCUT2D eigenvalue weighted by atomic mass is 35.5. The summed E-state index contributed by atoms with van der Waals surface area (Å²) in [5, 5.41) is 7.28. The van der Waals surface area contributed by atoms with E-state index in [1.165, 1.54) is 11.3 Å². The molecule has 0 bridgehead atoms. The molecule has 0 saturated carbocycles. The fourth-order valence-corrected chi connectivity index (χ4v) is 5.21. The molecule has 1 saturated heterocycles. The minimum absolute atomic E-state index is 0.0239. The van der Waals surface area contributed by atoms with E-state index in [4.69, 9.17) is 11.6 Å². The van der Waals surface area contributed by atoms with Crippen molar-refractivity contribution in [2.24, 2.45) is 5.92 Å². The number of H-pyrrole nitrogens is 1. The van der Waals surface area contributed by atoms with Gasteiger partial charge in [-0.15, -0.1) is 11.3 Å². The summed E-state index contributed by atoms with van der Waals surface area (Å²) in [5.74, 6) is -0.198. The molecular formula is C25H23ClN4O2S. The molecule has 33 heavy (non-hydrogen) atoms. The quantitative estimate of drug-likeness (QED) is 0.392. The van der Waals surface area contributed by atoms with Gasteiger partial charge in [-0.1, -0.05) is 29.8 Å². The van der Waals surface area contributed by atoms with E-state index in [0.29, 0.717) is 41.6 Å². The third-order valence-corrected chi connectivity index (χ3v) is 7.14. The average molecular weight is 479 g/mol. The standard InChI is InChI=1S/C25H23ClN4O2S/c1-15-22(19-4-2-3-5-20(19)27-15)21-14-33-25(28-21)29-23(31)16-10-12-30(13-11-16)24(32)17-6-8-18(26)9-7-17/h2-9,14,16,27H,10-13H2,1H3,(H,28,29,31). The van der Waals surface area contributed by atoms with Gasteiger partial charge in [0.05, 0.1) is 5.69 Å². The Morgan fingerprint density at radius 3 is 2.61 bits per heavy atom. The van der Waals surface area contributed by atoms with Gasteiger partial charge in [0.2, 0.25) is 5.91 Å². The SMILES string of the molecule is Cc1[nH]c2ccccc2c1-c1csc(NC(=O)C2CCN(C(=O)c3ccc(Cl)cc3)CC2)n1.